The summed E-state index contributed by atoms with van der Waals surface area (Å²) in [6.45, 7) is 1.84. The second-order valence-corrected chi connectivity index (χ2v) is 4.72. The third kappa shape index (κ3) is 3.46. The van der Waals surface area contributed by atoms with Gasteiger partial charge in [0.1, 0.15) is 5.76 Å². The van der Waals surface area contributed by atoms with E-state index in [9.17, 15) is 4.79 Å². The van der Waals surface area contributed by atoms with Crippen LogP contribution in [-0.4, -0.2) is 5.97 Å². The summed E-state index contributed by atoms with van der Waals surface area (Å²) in [6, 6.07) is 10.4. The summed E-state index contributed by atoms with van der Waals surface area (Å²) in [5.74, 6) is 0.814. The van der Waals surface area contributed by atoms with Crippen molar-refractivity contribution in [3.63, 3.8) is 0 Å². The maximum Gasteiger partial charge on any atom is 0.310 e. The first kappa shape index (κ1) is 12.9. The van der Waals surface area contributed by atoms with Crippen molar-refractivity contribution < 1.29 is 9.53 Å². The molecule has 0 amide bonds. The summed E-state index contributed by atoms with van der Waals surface area (Å²) in [7, 11) is 0. The molecule has 0 spiro atoms. The minimum Gasteiger partial charge on any atom is -0.431 e. The minimum absolute atomic E-state index is 0.113. The molecule has 0 atom stereocenters. The first-order valence-corrected chi connectivity index (χ1v) is 6.75. The van der Waals surface area contributed by atoms with Gasteiger partial charge in [-0.2, -0.15) is 0 Å². The Morgan fingerprint density at radius 3 is 2.61 bits per heavy atom. The zero-order chi connectivity index (χ0) is 12.8. The lowest BCUT2D eigenvalue weighted by Crippen LogP contribution is -2.10. The molecule has 18 heavy (non-hydrogen) atoms. The van der Waals surface area contributed by atoms with Crippen LogP contribution >= 0.6 is 0 Å². The van der Waals surface area contributed by atoms with Crippen molar-refractivity contribution in [3.05, 3.63) is 47.2 Å². The topological polar surface area (TPSA) is 26.3 Å². The van der Waals surface area contributed by atoms with Crippen LogP contribution < -0.4 is 0 Å². The highest BCUT2D eigenvalue weighted by molar-refractivity contribution is 5.70. The van der Waals surface area contributed by atoms with Gasteiger partial charge in [-0.15, -0.1) is 0 Å². The fourth-order valence-corrected chi connectivity index (χ4v) is 2.30. The molecule has 1 aliphatic carbocycles. The monoisotopic (exact) mass is 244 g/mol. The Hall–Kier alpha value is -1.57. The van der Waals surface area contributed by atoms with Crippen molar-refractivity contribution in [2.75, 3.05) is 0 Å². The van der Waals surface area contributed by atoms with Crippen LogP contribution in [0.2, 0.25) is 0 Å². The van der Waals surface area contributed by atoms with Crippen LogP contribution in [0, 0.1) is 0 Å². The molecule has 0 radical (unpaired) electrons. The average Bonchev–Trinajstić information content (AvgIpc) is 2.42. The van der Waals surface area contributed by atoms with Gasteiger partial charge in [-0.05, 0) is 36.8 Å². The molecule has 2 heteroatoms. The van der Waals surface area contributed by atoms with Gasteiger partial charge in [-0.3, -0.25) is 4.79 Å². The summed E-state index contributed by atoms with van der Waals surface area (Å²) < 4.78 is 5.47. The summed E-state index contributed by atoms with van der Waals surface area (Å²) in [5, 5.41) is 0. The van der Waals surface area contributed by atoms with E-state index in [1.165, 1.54) is 17.6 Å². The van der Waals surface area contributed by atoms with Gasteiger partial charge in [0.2, 0.25) is 0 Å². The zero-order valence-corrected chi connectivity index (χ0v) is 10.9. The number of benzene rings is 1. The molecule has 0 saturated carbocycles. The third-order valence-corrected chi connectivity index (χ3v) is 3.31. The van der Waals surface area contributed by atoms with Crippen LogP contribution in [-0.2, 0) is 16.0 Å². The van der Waals surface area contributed by atoms with Crippen molar-refractivity contribution in [1.82, 2.24) is 0 Å². The molecule has 0 aromatic heterocycles. The smallest absolute Gasteiger partial charge is 0.310 e. The molecule has 1 aromatic rings. The SMILES string of the molecule is CCC(=O)OC1=C(Cc2ccccc2)CCCC1. The predicted octanol–water partition coefficient (Wildman–Crippen LogP) is 4.01. The van der Waals surface area contributed by atoms with Gasteiger partial charge >= 0.3 is 5.97 Å². The lowest BCUT2D eigenvalue weighted by molar-refractivity contribution is -0.139. The maximum atomic E-state index is 11.4. The largest absolute Gasteiger partial charge is 0.431 e. The molecule has 0 fully saturated rings. The van der Waals surface area contributed by atoms with E-state index in [0.29, 0.717) is 6.42 Å². The molecule has 96 valence electrons. The number of carbonyl (C=O) groups is 1. The van der Waals surface area contributed by atoms with E-state index in [-0.39, 0.29) is 5.97 Å². The number of hydrogen-bond donors (Lipinski definition) is 0. The minimum atomic E-state index is -0.113. The van der Waals surface area contributed by atoms with Crippen LogP contribution in [0.3, 0.4) is 0 Å². The highest BCUT2D eigenvalue weighted by Gasteiger charge is 2.16. The lowest BCUT2D eigenvalue weighted by Gasteiger charge is -2.20. The van der Waals surface area contributed by atoms with E-state index < -0.39 is 0 Å². The van der Waals surface area contributed by atoms with E-state index in [0.717, 1.165) is 31.4 Å². The van der Waals surface area contributed by atoms with Crippen LogP contribution in [0.1, 0.15) is 44.6 Å². The van der Waals surface area contributed by atoms with Gasteiger partial charge < -0.3 is 4.74 Å². The van der Waals surface area contributed by atoms with Crippen molar-refractivity contribution >= 4 is 5.97 Å². The quantitative estimate of drug-likeness (QED) is 0.748. The van der Waals surface area contributed by atoms with Gasteiger partial charge in [-0.25, -0.2) is 0 Å². The van der Waals surface area contributed by atoms with E-state index in [2.05, 4.69) is 24.3 Å². The molecule has 0 heterocycles. The Kier molecular flexibility index (Phi) is 4.57. The Morgan fingerprint density at radius 1 is 1.17 bits per heavy atom. The number of carbonyl (C=O) groups excluding carboxylic acids is 1. The molecule has 0 saturated heterocycles. The van der Waals surface area contributed by atoms with Gasteiger partial charge in [-0.1, -0.05) is 37.3 Å². The van der Waals surface area contributed by atoms with Crippen molar-refractivity contribution in [2.45, 2.75) is 45.4 Å². The normalized spacial score (nSPS) is 15.6. The fourth-order valence-electron chi connectivity index (χ4n) is 2.30. The molecule has 2 rings (SSSR count). The molecule has 0 N–H and O–H groups in total. The average molecular weight is 244 g/mol. The highest BCUT2D eigenvalue weighted by Crippen LogP contribution is 2.28. The molecule has 1 aliphatic rings. The van der Waals surface area contributed by atoms with Gasteiger partial charge in [0.15, 0.2) is 0 Å². The second kappa shape index (κ2) is 6.39. The number of ether oxygens (including phenoxy) is 1. The summed E-state index contributed by atoms with van der Waals surface area (Å²) in [4.78, 5) is 11.4. The van der Waals surface area contributed by atoms with Crippen molar-refractivity contribution in [2.24, 2.45) is 0 Å². The third-order valence-electron chi connectivity index (χ3n) is 3.31. The van der Waals surface area contributed by atoms with Crippen LogP contribution in [0.25, 0.3) is 0 Å². The van der Waals surface area contributed by atoms with E-state index in [4.69, 9.17) is 4.74 Å². The Balaban J connectivity index is 2.12. The standard InChI is InChI=1S/C16H20O2/c1-2-16(17)18-15-11-7-6-10-14(15)12-13-8-4-3-5-9-13/h3-5,8-9H,2,6-7,10-12H2,1H3. The molecular weight excluding hydrogens is 224 g/mol. The van der Waals surface area contributed by atoms with Gasteiger partial charge in [0.05, 0.1) is 0 Å². The Labute approximate surface area is 109 Å². The molecule has 2 nitrogen and oxygen atoms in total. The number of rotatable bonds is 4. The molecular formula is C16H20O2. The summed E-state index contributed by atoms with van der Waals surface area (Å²) in [5.41, 5.74) is 2.59. The number of esters is 1. The number of allylic oxidation sites excluding steroid dienone is 2. The summed E-state index contributed by atoms with van der Waals surface area (Å²) >= 11 is 0. The molecule has 0 aliphatic heterocycles. The first-order valence-electron chi connectivity index (χ1n) is 6.75. The summed E-state index contributed by atoms with van der Waals surface area (Å²) in [6.07, 6.45) is 5.66. The second-order valence-electron chi connectivity index (χ2n) is 4.72. The van der Waals surface area contributed by atoms with Crippen LogP contribution in [0.4, 0.5) is 0 Å². The van der Waals surface area contributed by atoms with Crippen LogP contribution in [0.5, 0.6) is 0 Å². The highest BCUT2D eigenvalue weighted by atomic mass is 16.5. The van der Waals surface area contributed by atoms with Crippen molar-refractivity contribution in [1.29, 1.82) is 0 Å². The van der Waals surface area contributed by atoms with E-state index >= 15 is 0 Å². The Bertz CT molecular complexity index is 432. The van der Waals surface area contributed by atoms with Crippen molar-refractivity contribution in [3.8, 4) is 0 Å². The molecule has 0 bridgehead atoms. The Morgan fingerprint density at radius 2 is 1.89 bits per heavy atom. The van der Waals surface area contributed by atoms with Crippen LogP contribution in [0.15, 0.2) is 41.7 Å². The van der Waals surface area contributed by atoms with Gasteiger partial charge in [0.25, 0.3) is 0 Å². The lowest BCUT2D eigenvalue weighted by atomic mass is 9.92. The first-order chi connectivity index (χ1) is 8.79. The molecule has 0 unspecified atom stereocenters. The number of hydrogen-bond acceptors (Lipinski definition) is 2. The molecule has 1 aromatic carbocycles. The van der Waals surface area contributed by atoms with E-state index in [1.807, 2.05) is 13.0 Å². The van der Waals surface area contributed by atoms with E-state index in [1.54, 1.807) is 0 Å². The predicted molar refractivity (Wildman–Crippen MR) is 72.0 cm³/mol. The maximum absolute atomic E-state index is 11.4. The van der Waals surface area contributed by atoms with Gasteiger partial charge in [0, 0.05) is 12.8 Å². The zero-order valence-electron chi connectivity index (χ0n) is 10.9. The fraction of sp³-hybridized carbons (Fsp3) is 0.438.